The van der Waals surface area contributed by atoms with E-state index >= 15 is 0 Å². The van der Waals surface area contributed by atoms with Crippen LogP contribution >= 0.6 is 22.6 Å². The monoisotopic (exact) mass is 333 g/mol. The van der Waals surface area contributed by atoms with Gasteiger partial charge in [0.25, 0.3) is 0 Å². The molecule has 1 saturated heterocycles. The first-order chi connectivity index (χ1) is 7.58. The number of halogens is 2. The van der Waals surface area contributed by atoms with Crippen LogP contribution in [0.2, 0.25) is 0 Å². The van der Waals surface area contributed by atoms with E-state index in [9.17, 15) is 9.18 Å². The molecule has 16 heavy (non-hydrogen) atoms. The summed E-state index contributed by atoms with van der Waals surface area (Å²) in [5.74, 6) is 0.106. The van der Waals surface area contributed by atoms with Crippen LogP contribution in [0.5, 0.6) is 0 Å². The topological polar surface area (TPSA) is 20.3 Å². The van der Waals surface area contributed by atoms with Gasteiger partial charge >= 0.3 is 0 Å². The highest BCUT2D eigenvalue weighted by Crippen LogP contribution is 2.28. The summed E-state index contributed by atoms with van der Waals surface area (Å²) in [6, 6.07) is 5.00. The number of carbonyl (C=O) groups excluding carboxylic acids is 1. The zero-order chi connectivity index (χ0) is 11.7. The Morgan fingerprint density at radius 2 is 2.25 bits per heavy atom. The fourth-order valence-electron chi connectivity index (χ4n) is 2.08. The number of rotatable bonds is 1. The van der Waals surface area contributed by atoms with Gasteiger partial charge in [0.2, 0.25) is 0 Å². The van der Waals surface area contributed by atoms with E-state index in [0.29, 0.717) is 18.6 Å². The highest BCUT2D eigenvalue weighted by Gasteiger charge is 2.24. The van der Waals surface area contributed by atoms with Crippen LogP contribution < -0.4 is 4.90 Å². The van der Waals surface area contributed by atoms with Crippen LogP contribution in [-0.2, 0) is 4.79 Å². The van der Waals surface area contributed by atoms with Crippen LogP contribution in [0.3, 0.4) is 0 Å². The summed E-state index contributed by atoms with van der Waals surface area (Å²) in [5.41, 5.74) is 1.03. The van der Waals surface area contributed by atoms with Crippen molar-refractivity contribution in [2.45, 2.75) is 25.8 Å². The summed E-state index contributed by atoms with van der Waals surface area (Å²) in [7, 11) is 0. The van der Waals surface area contributed by atoms with Gasteiger partial charge in [-0.1, -0.05) is 0 Å². The molecule has 86 valence electrons. The van der Waals surface area contributed by atoms with E-state index in [0.717, 1.165) is 15.8 Å². The van der Waals surface area contributed by atoms with Gasteiger partial charge in [-0.2, -0.15) is 0 Å². The number of ketones is 1. The first-order valence-electron chi connectivity index (χ1n) is 5.31. The van der Waals surface area contributed by atoms with E-state index in [1.165, 1.54) is 12.1 Å². The summed E-state index contributed by atoms with van der Waals surface area (Å²) >= 11 is 2.14. The molecule has 4 heteroatoms. The third kappa shape index (κ3) is 2.36. The molecule has 0 amide bonds. The van der Waals surface area contributed by atoms with Gasteiger partial charge in [-0.15, -0.1) is 0 Å². The molecule has 0 aromatic heterocycles. The van der Waals surface area contributed by atoms with Crippen LogP contribution in [0.25, 0.3) is 0 Å². The molecular weight excluding hydrogens is 320 g/mol. The molecule has 0 bridgehead atoms. The predicted molar refractivity (Wildman–Crippen MR) is 70.2 cm³/mol. The van der Waals surface area contributed by atoms with Crippen molar-refractivity contribution < 1.29 is 9.18 Å². The Morgan fingerprint density at radius 1 is 1.50 bits per heavy atom. The number of Topliss-reactive ketones (excluding diaryl/α,β-unsaturated/α-hetero) is 1. The number of nitrogens with zero attached hydrogens (tertiary/aromatic N) is 1. The number of carbonyl (C=O) groups is 1. The Balaban J connectivity index is 2.26. The number of hydrogen-bond donors (Lipinski definition) is 0. The van der Waals surface area contributed by atoms with Gasteiger partial charge < -0.3 is 4.90 Å². The highest BCUT2D eigenvalue weighted by atomic mass is 127. The molecule has 0 aliphatic carbocycles. The summed E-state index contributed by atoms with van der Waals surface area (Å²) in [6.45, 7) is 2.78. The average molecular weight is 333 g/mol. The van der Waals surface area contributed by atoms with Crippen LogP contribution in [0.15, 0.2) is 18.2 Å². The Kier molecular flexibility index (Phi) is 3.47. The number of anilines is 1. The van der Waals surface area contributed by atoms with Gasteiger partial charge in [-0.25, -0.2) is 4.39 Å². The summed E-state index contributed by atoms with van der Waals surface area (Å²) in [5, 5.41) is 0. The van der Waals surface area contributed by atoms with E-state index in [1.807, 2.05) is 6.92 Å². The summed E-state index contributed by atoms with van der Waals surface area (Å²) < 4.78 is 13.9. The van der Waals surface area contributed by atoms with E-state index in [-0.39, 0.29) is 11.9 Å². The van der Waals surface area contributed by atoms with Gasteiger partial charge in [0.15, 0.2) is 0 Å². The smallest absolute Gasteiger partial charge is 0.136 e. The van der Waals surface area contributed by atoms with Gasteiger partial charge in [0, 0.05) is 29.0 Å². The summed E-state index contributed by atoms with van der Waals surface area (Å²) in [6.07, 6.45) is 1.19. The maximum Gasteiger partial charge on any atom is 0.136 e. The standard InChI is InChI=1S/C12H13FINO/c1-8-6-10(16)4-5-15(8)12-3-2-9(13)7-11(12)14/h2-3,7-8H,4-6H2,1H3. The maximum atomic E-state index is 13.0. The molecule has 0 N–H and O–H groups in total. The van der Waals surface area contributed by atoms with Crippen molar-refractivity contribution in [2.24, 2.45) is 0 Å². The van der Waals surface area contributed by atoms with Crippen molar-refractivity contribution in [1.29, 1.82) is 0 Å². The third-order valence-electron chi connectivity index (χ3n) is 2.91. The minimum Gasteiger partial charge on any atom is -0.367 e. The fourth-order valence-corrected chi connectivity index (χ4v) is 2.87. The molecule has 1 atom stereocenters. The molecule has 1 heterocycles. The lowest BCUT2D eigenvalue weighted by atomic mass is 10.0. The van der Waals surface area contributed by atoms with Crippen molar-refractivity contribution in [3.63, 3.8) is 0 Å². The molecule has 2 nitrogen and oxygen atoms in total. The molecular formula is C12H13FINO. The number of hydrogen-bond acceptors (Lipinski definition) is 2. The molecule has 0 saturated carbocycles. The minimum absolute atomic E-state index is 0.209. The second kappa shape index (κ2) is 4.69. The molecule has 1 aliphatic rings. The van der Waals surface area contributed by atoms with Crippen LogP contribution in [0, 0.1) is 9.39 Å². The lowest BCUT2D eigenvalue weighted by Crippen LogP contribution is -2.41. The van der Waals surface area contributed by atoms with Gasteiger partial charge in [-0.3, -0.25) is 4.79 Å². The quantitative estimate of drug-likeness (QED) is 0.737. The second-order valence-corrected chi connectivity index (χ2v) is 5.29. The lowest BCUT2D eigenvalue weighted by Gasteiger charge is -2.35. The van der Waals surface area contributed by atoms with E-state index in [2.05, 4.69) is 27.5 Å². The maximum absolute atomic E-state index is 13.0. The predicted octanol–water partition coefficient (Wildman–Crippen LogP) is 2.99. The number of benzene rings is 1. The van der Waals surface area contributed by atoms with Crippen molar-refractivity contribution in [2.75, 3.05) is 11.4 Å². The molecule has 1 unspecified atom stereocenters. The first-order valence-corrected chi connectivity index (χ1v) is 6.39. The van der Waals surface area contributed by atoms with Crippen LogP contribution in [0.4, 0.5) is 10.1 Å². The molecule has 1 aliphatic heterocycles. The second-order valence-electron chi connectivity index (χ2n) is 4.13. The lowest BCUT2D eigenvalue weighted by molar-refractivity contribution is -0.120. The van der Waals surface area contributed by atoms with Crippen LogP contribution in [0.1, 0.15) is 19.8 Å². The van der Waals surface area contributed by atoms with Gasteiger partial charge in [0.1, 0.15) is 11.6 Å². The van der Waals surface area contributed by atoms with Crippen molar-refractivity contribution in [3.8, 4) is 0 Å². The Morgan fingerprint density at radius 3 is 2.88 bits per heavy atom. The summed E-state index contributed by atoms with van der Waals surface area (Å²) in [4.78, 5) is 13.5. The molecule has 1 aromatic carbocycles. The molecule has 1 fully saturated rings. The van der Waals surface area contributed by atoms with E-state index in [4.69, 9.17) is 0 Å². The largest absolute Gasteiger partial charge is 0.367 e. The SMILES string of the molecule is CC1CC(=O)CCN1c1ccc(F)cc1I. The Labute approximate surface area is 108 Å². The molecule has 1 aromatic rings. The van der Waals surface area contributed by atoms with Crippen LogP contribution in [-0.4, -0.2) is 18.4 Å². The van der Waals surface area contributed by atoms with Crippen molar-refractivity contribution in [1.82, 2.24) is 0 Å². The molecule has 0 radical (unpaired) electrons. The van der Waals surface area contributed by atoms with Crippen molar-refractivity contribution >= 4 is 34.1 Å². The Hall–Kier alpha value is -0.650. The third-order valence-corrected chi connectivity index (χ3v) is 3.77. The number of piperidine rings is 1. The zero-order valence-electron chi connectivity index (χ0n) is 9.04. The fraction of sp³-hybridized carbons (Fsp3) is 0.417. The average Bonchev–Trinajstić information content (AvgIpc) is 2.19. The van der Waals surface area contributed by atoms with Gasteiger partial charge in [-0.05, 0) is 47.7 Å². The normalized spacial score (nSPS) is 21.3. The Bertz CT molecular complexity index is 421. The zero-order valence-corrected chi connectivity index (χ0v) is 11.2. The minimum atomic E-state index is -0.214. The van der Waals surface area contributed by atoms with E-state index < -0.39 is 0 Å². The van der Waals surface area contributed by atoms with E-state index in [1.54, 1.807) is 6.07 Å². The van der Waals surface area contributed by atoms with Crippen molar-refractivity contribution in [3.05, 3.63) is 27.6 Å². The molecule has 2 rings (SSSR count). The highest BCUT2D eigenvalue weighted by molar-refractivity contribution is 14.1. The van der Waals surface area contributed by atoms with Gasteiger partial charge in [0.05, 0.1) is 5.69 Å². The first kappa shape index (κ1) is 11.8. The molecule has 0 spiro atoms.